The molecule has 0 amide bonds. The lowest BCUT2D eigenvalue weighted by molar-refractivity contribution is 0.580. The van der Waals surface area contributed by atoms with Crippen molar-refractivity contribution in [2.45, 2.75) is 37.5 Å². The van der Waals surface area contributed by atoms with Crippen molar-refractivity contribution in [3.8, 4) is 0 Å². The van der Waals surface area contributed by atoms with Gasteiger partial charge in [-0.2, -0.15) is 0 Å². The summed E-state index contributed by atoms with van der Waals surface area (Å²) in [4.78, 5) is 0.350. The van der Waals surface area contributed by atoms with Crippen molar-refractivity contribution in [3.63, 3.8) is 0 Å². The fourth-order valence-corrected chi connectivity index (χ4v) is 2.32. The largest absolute Gasteiger partial charge is 0.396 e. The molecule has 0 aliphatic carbocycles. The van der Waals surface area contributed by atoms with E-state index in [2.05, 4.69) is 6.92 Å². The van der Waals surface area contributed by atoms with Gasteiger partial charge < -0.3 is 5.73 Å². The predicted octanol–water partition coefficient (Wildman–Crippen LogP) is 4.22. The van der Waals surface area contributed by atoms with E-state index in [0.29, 0.717) is 4.90 Å². The topological polar surface area (TPSA) is 26.0 Å². The molecule has 0 heterocycles. The summed E-state index contributed by atoms with van der Waals surface area (Å²) < 4.78 is 26.4. The predicted molar refractivity (Wildman–Crippen MR) is 65.6 cm³/mol. The van der Waals surface area contributed by atoms with Crippen molar-refractivity contribution >= 4 is 17.4 Å². The summed E-state index contributed by atoms with van der Waals surface area (Å²) >= 11 is 1.35. The van der Waals surface area contributed by atoms with Crippen LogP contribution in [-0.2, 0) is 0 Å². The number of hydrogen-bond donors (Lipinski definition) is 1. The summed E-state index contributed by atoms with van der Waals surface area (Å²) in [5, 5.41) is 0. The van der Waals surface area contributed by atoms with Crippen LogP contribution < -0.4 is 5.73 Å². The molecule has 1 aromatic rings. The van der Waals surface area contributed by atoms with Crippen LogP contribution >= 0.6 is 11.8 Å². The second-order valence-corrected chi connectivity index (χ2v) is 4.85. The SMILES string of the molecule is CCCCCCSc1cc(F)c(N)cc1F. The molecule has 0 spiro atoms. The fraction of sp³-hybridized carbons (Fsp3) is 0.500. The minimum absolute atomic E-state index is 0.132. The number of anilines is 1. The molecule has 90 valence electrons. The maximum absolute atomic E-state index is 13.3. The Bertz CT molecular complexity index is 342. The summed E-state index contributed by atoms with van der Waals surface area (Å²) in [6.45, 7) is 2.14. The quantitative estimate of drug-likeness (QED) is 0.461. The summed E-state index contributed by atoms with van der Waals surface area (Å²) in [6.07, 6.45) is 4.54. The smallest absolute Gasteiger partial charge is 0.147 e. The van der Waals surface area contributed by atoms with Crippen molar-refractivity contribution in [2.24, 2.45) is 0 Å². The normalized spacial score (nSPS) is 10.7. The molecule has 4 heteroatoms. The first-order valence-corrected chi connectivity index (χ1v) is 6.51. The van der Waals surface area contributed by atoms with Gasteiger partial charge >= 0.3 is 0 Å². The Hall–Kier alpha value is -0.770. The maximum Gasteiger partial charge on any atom is 0.147 e. The number of thioether (sulfide) groups is 1. The Labute approximate surface area is 99.4 Å². The minimum atomic E-state index is -0.544. The van der Waals surface area contributed by atoms with Crippen molar-refractivity contribution < 1.29 is 8.78 Å². The highest BCUT2D eigenvalue weighted by Crippen LogP contribution is 2.26. The molecule has 2 N–H and O–H groups in total. The first-order valence-electron chi connectivity index (χ1n) is 5.52. The number of nitrogens with two attached hydrogens (primary N) is 1. The summed E-state index contributed by atoms with van der Waals surface area (Å²) in [5.74, 6) is -0.155. The van der Waals surface area contributed by atoms with Gasteiger partial charge in [-0.25, -0.2) is 8.78 Å². The van der Waals surface area contributed by atoms with E-state index >= 15 is 0 Å². The van der Waals surface area contributed by atoms with Crippen LogP contribution in [0.15, 0.2) is 17.0 Å². The summed E-state index contributed by atoms with van der Waals surface area (Å²) in [5.41, 5.74) is 5.13. The number of rotatable bonds is 6. The maximum atomic E-state index is 13.3. The van der Waals surface area contributed by atoms with E-state index in [1.807, 2.05) is 0 Å². The summed E-state index contributed by atoms with van der Waals surface area (Å²) in [6, 6.07) is 2.22. The summed E-state index contributed by atoms with van der Waals surface area (Å²) in [7, 11) is 0. The Balaban J connectivity index is 2.45. The van der Waals surface area contributed by atoms with Crippen LogP contribution in [0.3, 0.4) is 0 Å². The molecule has 1 nitrogen and oxygen atoms in total. The molecule has 0 bridgehead atoms. The number of benzene rings is 1. The van der Waals surface area contributed by atoms with Crippen molar-refractivity contribution in [1.82, 2.24) is 0 Å². The monoisotopic (exact) mass is 245 g/mol. The van der Waals surface area contributed by atoms with E-state index < -0.39 is 11.6 Å². The molecule has 0 fully saturated rings. The lowest BCUT2D eigenvalue weighted by atomic mass is 10.2. The zero-order valence-corrected chi connectivity index (χ0v) is 10.2. The Morgan fingerprint density at radius 3 is 2.56 bits per heavy atom. The van der Waals surface area contributed by atoms with E-state index in [4.69, 9.17) is 5.73 Å². The van der Waals surface area contributed by atoms with Crippen LogP contribution in [0.5, 0.6) is 0 Å². The van der Waals surface area contributed by atoms with E-state index in [-0.39, 0.29) is 5.69 Å². The third kappa shape index (κ3) is 4.00. The zero-order valence-electron chi connectivity index (χ0n) is 9.43. The van der Waals surface area contributed by atoms with Crippen molar-refractivity contribution in [1.29, 1.82) is 0 Å². The average Bonchev–Trinajstić information content (AvgIpc) is 2.25. The minimum Gasteiger partial charge on any atom is -0.396 e. The van der Waals surface area contributed by atoms with Crippen LogP contribution in [0.25, 0.3) is 0 Å². The Morgan fingerprint density at radius 1 is 1.12 bits per heavy atom. The van der Waals surface area contributed by atoms with Crippen molar-refractivity contribution in [2.75, 3.05) is 11.5 Å². The second-order valence-electron chi connectivity index (χ2n) is 3.71. The van der Waals surface area contributed by atoms with Crippen LogP contribution in [-0.4, -0.2) is 5.75 Å². The molecule has 1 aromatic carbocycles. The molecule has 0 radical (unpaired) electrons. The molecule has 0 saturated carbocycles. The standard InChI is InChI=1S/C12H17F2NS/c1-2-3-4-5-6-16-12-8-9(13)11(15)7-10(12)14/h7-8H,2-6,15H2,1H3. The molecule has 0 aliphatic rings. The van der Waals surface area contributed by atoms with Gasteiger partial charge in [-0.15, -0.1) is 11.8 Å². The molecule has 0 atom stereocenters. The highest BCUT2D eigenvalue weighted by molar-refractivity contribution is 7.99. The first-order chi connectivity index (χ1) is 7.65. The zero-order chi connectivity index (χ0) is 12.0. The van der Waals surface area contributed by atoms with Crippen LogP contribution in [0.2, 0.25) is 0 Å². The van der Waals surface area contributed by atoms with Crippen LogP contribution in [0.4, 0.5) is 14.5 Å². The first kappa shape index (κ1) is 13.3. The molecular formula is C12H17F2NS. The molecule has 1 rings (SSSR count). The van der Waals surface area contributed by atoms with Gasteiger partial charge in [-0.3, -0.25) is 0 Å². The van der Waals surface area contributed by atoms with E-state index in [1.54, 1.807) is 0 Å². The highest BCUT2D eigenvalue weighted by Gasteiger charge is 2.07. The van der Waals surface area contributed by atoms with Gasteiger partial charge in [-0.1, -0.05) is 26.2 Å². The molecular weight excluding hydrogens is 228 g/mol. The van der Waals surface area contributed by atoms with Gasteiger partial charge in [0.15, 0.2) is 0 Å². The number of unbranched alkanes of at least 4 members (excludes halogenated alkanes) is 3. The number of nitrogen functional groups attached to an aromatic ring is 1. The van der Waals surface area contributed by atoms with Gasteiger partial charge in [0.25, 0.3) is 0 Å². The highest BCUT2D eigenvalue weighted by atomic mass is 32.2. The average molecular weight is 245 g/mol. The van der Waals surface area contributed by atoms with Crippen molar-refractivity contribution in [3.05, 3.63) is 23.8 Å². The third-order valence-corrected chi connectivity index (χ3v) is 3.42. The van der Waals surface area contributed by atoms with Gasteiger partial charge in [-0.05, 0) is 18.2 Å². The molecule has 0 saturated heterocycles. The lowest BCUT2D eigenvalue weighted by Gasteiger charge is -2.05. The molecule has 16 heavy (non-hydrogen) atoms. The van der Waals surface area contributed by atoms with Gasteiger partial charge in [0, 0.05) is 11.0 Å². The van der Waals surface area contributed by atoms with E-state index in [1.165, 1.54) is 30.7 Å². The van der Waals surface area contributed by atoms with Crippen LogP contribution in [0.1, 0.15) is 32.6 Å². The van der Waals surface area contributed by atoms with Crippen LogP contribution in [0, 0.1) is 11.6 Å². The molecule has 0 unspecified atom stereocenters. The fourth-order valence-electron chi connectivity index (χ4n) is 1.37. The third-order valence-electron chi connectivity index (χ3n) is 2.31. The van der Waals surface area contributed by atoms with E-state index in [0.717, 1.165) is 24.7 Å². The molecule has 0 aliphatic heterocycles. The van der Waals surface area contributed by atoms with Gasteiger partial charge in [0.2, 0.25) is 0 Å². The Morgan fingerprint density at radius 2 is 1.88 bits per heavy atom. The number of halogens is 2. The lowest BCUT2D eigenvalue weighted by Crippen LogP contribution is -1.94. The Kier molecular flexibility index (Phi) is 5.60. The number of hydrogen-bond acceptors (Lipinski definition) is 2. The van der Waals surface area contributed by atoms with Gasteiger partial charge in [0.05, 0.1) is 5.69 Å². The second kappa shape index (κ2) is 6.74. The van der Waals surface area contributed by atoms with E-state index in [9.17, 15) is 8.78 Å². The van der Waals surface area contributed by atoms with Gasteiger partial charge in [0.1, 0.15) is 11.6 Å². The molecule has 0 aromatic heterocycles.